The molecular formula is C32H46N4O4. The van der Waals surface area contributed by atoms with Gasteiger partial charge in [-0.3, -0.25) is 14.4 Å². The molecule has 0 aliphatic heterocycles. The lowest BCUT2D eigenvalue weighted by Gasteiger charge is -2.68. The maximum Gasteiger partial charge on any atom is 0.312 e. The number of ether oxygens (including phenoxy) is 1. The van der Waals surface area contributed by atoms with E-state index in [0.29, 0.717) is 0 Å². The van der Waals surface area contributed by atoms with Crippen LogP contribution in [-0.2, 0) is 19.1 Å². The number of carbonyl (C=O) groups is 3. The molecule has 3 saturated carbocycles. The zero-order chi connectivity index (χ0) is 29.7. The Morgan fingerprint density at radius 2 is 1.68 bits per heavy atom. The Morgan fingerprint density at radius 1 is 1.02 bits per heavy atom. The van der Waals surface area contributed by atoms with Crippen LogP contribution in [0.25, 0.3) is 0 Å². The minimum absolute atomic E-state index is 0.0281. The van der Waals surface area contributed by atoms with Crippen LogP contribution in [0.3, 0.4) is 0 Å². The highest BCUT2D eigenvalue weighted by molar-refractivity contribution is 6.24. The first-order valence-electron chi connectivity index (χ1n) is 14.8. The minimum atomic E-state index is -0.748. The SMILES string of the molecule is COC(=O)[C@]12CCC(C)(C)C[C@H]1[C@H]1C(=O)C=C3[C@@]4(C)C=C(/C(N=N)=N/N)C(=O)C(C)(C)C4CC[C@@]3(C)[C@]1(C)CC2. The highest BCUT2D eigenvalue weighted by atomic mass is 16.5. The van der Waals surface area contributed by atoms with Crippen molar-refractivity contribution in [3.63, 3.8) is 0 Å². The highest BCUT2D eigenvalue weighted by Gasteiger charge is 2.71. The van der Waals surface area contributed by atoms with E-state index in [1.54, 1.807) is 0 Å². The summed E-state index contributed by atoms with van der Waals surface area (Å²) in [6.45, 7) is 15.1. The standard InChI is InChI=1S/C32H46N4O4/c1-27(2)11-13-32(26(39)40-8)14-12-31(7)23(19(32)17-27)20(37)15-22-29(5)16-18(25(35-33)36-34)24(38)28(3,4)21(29)9-10-30(22,31)6/h15-16,19,21,23,33H,9-14,17,34H2,1-8H3/b35-33?,36-25-/t19-,21?,23-,29-,30+,31+,32-/m0/s1. The van der Waals surface area contributed by atoms with Crippen LogP contribution in [0.4, 0.5) is 0 Å². The third-order valence-electron chi connectivity index (χ3n) is 12.8. The van der Waals surface area contributed by atoms with E-state index in [0.717, 1.165) is 50.5 Å². The van der Waals surface area contributed by atoms with E-state index >= 15 is 0 Å². The molecule has 0 amide bonds. The number of ketones is 2. The fraction of sp³-hybridized carbons (Fsp3) is 0.750. The zero-order valence-corrected chi connectivity index (χ0v) is 25.4. The van der Waals surface area contributed by atoms with Gasteiger partial charge < -0.3 is 10.6 Å². The van der Waals surface area contributed by atoms with E-state index < -0.39 is 16.2 Å². The molecule has 0 aromatic carbocycles. The van der Waals surface area contributed by atoms with Gasteiger partial charge in [-0.15, -0.1) is 5.11 Å². The predicted octanol–water partition coefficient (Wildman–Crippen LogP) is 6.16. The number of allylic oxidation sites excluding steroid dienone is 3. The lowest BCUT2D eigenvalue weighted by Crippen LogP contribution is -2.66. The second-order valence-corrected chi connectivity index (χ2v) is 15.4. The first-order chi connectivity index (χ1) is 18.5. The number of rotatable bonds is 2. The largest absolute Gasteiger partial charge is 0.469 e. The Morgan fingerprint density at radius 3 is 2.27 bits per heavy atom. The summed E-state index contributed by atoms with van der Waals surface area (Å²) in [4.78, 5) is 41.6. The maximum absolute atomic E-state index is 14.5. The normalized spacial score (nSPS) is 43.7. The van der Waals surface area contributed by atoms with Gasteiger partial charge in [0.1, 0.15) is 0 Å². The minimum Gasteiger partial charge on any atom is -0.469 e. The number of esters is 1. The molecule has 0 radical (unpaired) electrons. The predicted molar refractivity (Wildman–Crippen MR) is 152 cm³/mol. The maximum atomic E-state index is 14.5. The van der Waals surface area contributed by atoms with Gasteiger partial charge in [-0.25, -0.2) is 5.53 Å². The number of hydrazone groups is 1. The number of nitrogens with zero attached hydrogens (tertiary/aromatic N) is 2. The smallest absolute Gasteiger partial charge is 0.312 e. The van der Waals surface area contributed by atoms with E-state index in [4.69, 9.17) is 16.1 Å². The van der Waals surface area contributed by atoms with Gasteiger partial charge >= 0.3 is 5.97 Å². The van der Waals surface area contributed by atoms with Crippen molar-refractivity contribution in [1.29, 1.82) is 5.53 Å². The molecule has 218 valence electrons. The Kier molecular flexibility index (Phi) is 6.27. The van der Waals surface area contributed by atoms with Crippen molar-refractivity contribution >= 4 is 23.4 Å². The van der Waals surface area contributed by atoms with E-state index in [9.17, 15) is 14.4 Å². The van der Waals surface area contributed by atoms with E-state index in [1.807, 2.05) is 26.0 Å². The molecule has 3 fully saturated rings. The number of fused-ring (bicyclic) bond motifs is 7. The summed E-state index contributed by atoms with van der Waals surface area (Å²) < 4.78 is 5.42. The summed E-state index contributed by atoms with van der Waals surface area (Å²) in [5.41, 5.74) is 6.30. The summed E-state index contributed by atoms with van der Waals surface area (Å²) in [6.07, 6.45) is 9.47. The molecule has 8 nitrogen and oxygen atoms in total. The van der Waals surface area contributed by atoms with Gasteiger partial charge in [0.25, 0.3) is 0 Å². The van der Waals surface area contributed by atoms with Crippen LogP contribution in [0.1, 0.15) is 93.4 Å². The third-order valence-corrected chi connectivity index (χ3v) is 12.8. The monoisotopic (exact) mass is 550 g/mol. The number of hydrogen-bond donors (Lipinski definition) is 2. The molecule has 0 saturated heterocycles. The molecular weight excluding hydrogens is 504 g/mol. The molecule has 0 spiro atoms. The number of nitrogens with one attached hydrogen (secondary N) is 1. The van der Waals surface area contributed by atoms with E-state index in [2.05, 4.69) is 44.8 Å². The number of methoxy groups -OCH3 is 1. The van der Waals surface area contributed by atoms with Gasteiger partial charge in [0.2, 0.25) is 5.84 Å². The second-order valence-electron chi connectivity index (χ2n) is 15.4. The van der Waals surface area contributed by atoms with Crippen LogP contribution < -0.4 is 5.84 Å². The van der Waals surface area contributed by atoms with Crippen molar-refractivity contribution in [3.8, 4) is 0 Å². The number of amidine groups is 1. The van der Waals surface area contributed by atoms with Gasteiger partial charge in [-0.1, -0.05) is 60.1 Å². The van der Waals surface area contributed by atoms with E-state index in [-0.39, 0.29) is 62.9 Å². The average molecular weight is 551 g/mol. The van der Waals surface area contributed by atoms with Crippen LogP contribution in [-0.4, -0.2) is 30.5 Å². The molecule has 5 rings (SSSR count). The Bertz CT molecular complexity index is 1290. The van der Waals surface area contributed by atoms with E-state index in [1.165, 1.54) is 7.11 Å². The Hall–Kier alpha value is -2.64. The molecule has 7 atom stereocenters. The summed E-state index contributed by atoms with van der Waals surface area (Å²) in [6, 6.07) is 0. The van der Waals surface area contributed by atoms with Gasteiger partial charge in [-0.05, 0) is 79.1 Å². The Labute approximate surface area is 238 Å². The van der Waals surface area contributed by atoms with Crippen LogP contribution in [0.15, 0.2) is 33.5 Å². The van der Waals surface area contributed by atoms with Crippen LogP contribution >= 0.6 is 0 Å². The van der Waals surface area contributed by atoms with Crippen LogP contribution in [0, 0.1) is 55.8 Å². The first kappa shape index (κ1) is 28.9. The van der Waals surface area contributed by atoms with Crippen molar-refractivity contribution in [2.75, 3.05) is 7.11 Å². The highest BCUT2D eigenvalue weighted by Crippen LogP contribution is 2.74. The molecule has 5 aliphatic carbocycles. The molecule has 5 aliphatic rings. The molecule has 0 bridgehead atoms. The van der Waals surface area contributed by atoms with Gasteiger partial charge in [-0.2, -0.15) is 5.10 Å². The summed E-state index contributed by atoms with van der Waals surface area (Å²) in [7, 11) is 1.48. The van der Waals surface area contributed by atoms with Gasteiger partial charge in [0.05, 0.1) is 18.1 Å². The summed E-state index contributed by atoms with van der Waals surface area (Å²) in [5.74, 6) is 4.92. The summed E-state index contributed by atoms with van der Waals surface area (Å²) >= 11 is 0. The average Bonchev–Trinajstić information content (AvgIpc) is 2.88. The topological polar surface area (TPSA) is 135 Å². The number of hydrogen-bond acceptors (Lipinski definition) is 7. The molecule has 0 aromatic rings. The molecule has 0 heterocycles. The molecule has 3 N–H and O–H groups in total. The quantitative estimate of drug-likeness (QED) is 0.106. The molecule has 1 unspecified atom stereocenters. The van der Waals surface area contributed by atoms with Crippen molar-refractivity contribution in [2.45, 2.75) is 93.4 Å². The van der Waals surface area contributed by atoms with Crippen molar-refractivity contribution < 1.29 is 19.1 Å². The number of carbonyl (C=O) groups excluding carboxylic acids is 3. The van der Waals surface area contributed by atoms with Crippen molar-refractivity contribution in [2.24, 2.45) is 66.3 Å². The van der Waals surface area contributed by atoms with Gasteiger partial charge in [0, 0.05) is 16.7 Å². The number of Topliss-reactive ketones (excluding diaryl/α,β-unsaturated/α-hetero) is 1. The zero-order valence-electron chi connectivity index (χ0n) is 25.4. The molecule has 8 heteroatoms. The lowest BCUT2D eigenvalue weighted by atomic mass is 9.34. The van der Waals surface area contributed by atoms with Crippen molar-refractivity contribution in [3.05, 3.63) is 23.3 Å². The third kappa shape index (κ3) is 3.43. The fourth-order valence-corrected chi connectivity index (χ4v) is 10.4. The molecule has 40 heavy (non-hydrogen) atoms. The fourth-order valence-electron chi connectivity index (χ4n) is 10.4. The number of nitrogens with two attached hydrogens (primary N) is 1. The lowest BCUT2D eigenvalue weighted by molar-refractivity contribution is -0.191. The first-order valence-corrected chi connectivity index (χ1v) is 14.8. The van der Waals surface area contributed by atoms with Crippen LogP contribution in [0.2, 0.25) is 0 Å². The summed E-state index contributed by atoms with van der Waals surface area (Å²) in [5, 5.41) is 7.14. The Balaban J connectivity index is 1.72. The van der Waals surface area contributed by atoms with Crippen molar-refractivity contribution in [1.82, 2.24) is 0 Å². The van der Waals surface area contributed by atoms with Gasteiger partial charge in [0.15, 0.2) is 11.6 Å². The molecule has 0 aromatic heterocycles. The van der Waals surface area contributed by atoms with Crippen LogP contribution in [0.5, 0.6) is 0 Å². The second kappa shape index (κ2) is 8.68.